The molecule has 0 fully saturated rings. The van der Waals surface area contributed by atoms with Gasteiger partial charge in [0, 0.05) is 13.2 Å². The second kappa shape index (κ2) is 7.45. The fourth-order valence-electron chi connectivity index (χ4n) is 1.81. The van der Waals surface area contributed by atoms with E-state index in [9.17, 15) is 17.6 Å². The maximum absolute atomic E-state index is 13.1. The molecule has 1 unspecified atom stereocenters. The van der Waals surface area contributed by atoms with E-state index in [2.05, 4.69) is 10.1 Å². The van der Waals surface area contributed by atoms with Crippen LogP contribution in [0.5, 0.6) is 0 Å². The monoisotopic (exact) mass is 279 g/mol. The Balaban J connectivity index is 2.49. The predicted molar refractivity (Wildman–Crippen MR) is 64.6 cm³/mol. The molecule has 0 amide bonds. The van der Waals surface area contributed by atoms with Gasteiger partial charge in [0.2, 0.25) is 0 Å². The van der Waals surface area contributed by atoms with Crippen LogP contribution in [0, 0.1) is 5.82 Å². The van der Waals surface area contributed by atoms with Gasteiger partial charge in [-0.25, -0.2) is 4.39 Å². The van der Waals surface area contributed by atoms with Gasteiger partial charge in [-0.05, 0) is 37.1 Å². The minimum atomic E-state index is -4.31. The summed E-state index contributed by atoms with van der Waals surface area (Å²) < 4.78 is 53.4. The van der Waals surface area contributed by atoms with Crippen LogP contribution >= 0.6 is 0 Å². The smallest absolute Gasteiger partial charge is 0.372 e. The summed E-state index contributed by atoms with van der Waals surface area (Å²) in [5.41, 5.74) is 0.755. The number of likely N-dealkylation sites (N-methyl/N-ethyl adjacent to an activating group) is 1. The highest BCUT2D eigenvalue weighted by Crippen LogP contribution is 2.21. The Labute approximate surface area is 109 Å². The van der Waals surface area contributed by atoms with Crippen molar-refractivity contribution in [1.29, 1.82) is 0 Å². The molecule has 108 valence electrons. The zero-order valence-corrected chi connectivity index (χ0v) is 10.6. The summed E-state index contributed by atoms with van der Waals surface area (Å²) in [5.74, 6) is -0.427. The lowest BCUT2D eigenvalue weighted by Crippen LogP contribution is -2.21. The van der Waals surface area contributed by atoms with Crippen LogP contribution < -0.4 is 5.32 Å². The van der Waals surface area contributed by atoms with Crippen LogP contribution in [0.4, 0.5) is 17.6 Å². The minimum absolute atomic E-state index is 0.0115. The maximum atomic E-state index is 13.1. The van der Waals surface area contributed by atoms with Crippen molar-refractivity contribution in [2.24, 2.45) is 0 Å². The van der Waals surface area contributed by atoms with Crippen molar-refractivity contribution in [3.05, 3.63) is 35.6 Å². The number of rotatable bonds is 7. The average Bonchev–Trinajstić information content (AvgIpc) is 2.32. The van der Waals surface area contributed by atoms with E-state index >= 15 is 0 Å². The third-order valence-corrected chi connectivity index (χ3v) is 2.65. The Hall–Kier alpha value is -1.14. The third-order valence-electron chi connectivity index (χ3n) is 2.65. The van der Waals surface area contributed by atoms with Crippen molar-refractivity contribution >= 4 is 0 Å². The number of alkyl halides is 3. The summed E-state index contributed by atoms with van der Waals surface area (Å²) >= 11 is 0. The van der Waals surface area contributed by atoms with Gasteiger partial charge in [-0.2, -0.15) is 13.2 Å². The first-order valence-corrected chi connectivity index (χ1v) is 5.97. The quantitative estimate of drug-likeness (QED) is 0.611. The molecule has 19 heavy (non-hydrogen) atoms. The normalized spacial score (nSPS) is 13.5. The van der Waals surface area contributed by atoms with E-state index in [1.165, 1.54) is 12.1 Å². The Bertz CT molecular complexity index is 381. The van der Waals surface area contributed by atoms with Crippen molar-refractivity contribution in [3.63, 3.8) is 0 Å². The van der Waals surface area contributed by atoms with E-state index in [0.717, 1.165) is 5.56 Å². The first-order chi connectivity index (χ1) is 8.92. The highest BCUT2D eigenvalue weighted by Gasteiger charge is 2.27. The Morgan fingerprint density at radius 3 is 2.63 bits per heavy atom. The van der Waals surface area contributed by atoms with Gasteiger partial charge in [0.15, 0.2) is 0 Å². The van der Waals surface area contributed by atoms with Gasteiger partial charge >= 0.3 is 6.18 Å². The number of hydrogen-bond acceptors (Lipinski definition) is 2. The van der Waals surface area contributed by atoms with Gasteiger partial charge in [-0.3, -0.25) is 0 Å². The van der Waals surface area contributed by atoms with Crippen LogP contribution in [0.2, 0.25) is 0 Å². The van der Waals surface area contributed by atoms with Gasteiger partial charge < -0.3 is 10.1 Å². The lowest BCUT2D eigenvalue weighted by molar-refractivity contribution is -0.174. The molecule has 1 aromatic rings. The highest BCUT2D eigenvalue weighted by atomic mass is 19.4. The Morgan fingerprint density at radius 1 is 1.32 bits per heavy atom. The second-order valence-electron chi connectivity index (χ2n) is 4.27. The van der Waals surface area contributed by atoms with Crippen molar-refractivity contribution in [2.75, 3.05) is 26.8 Å². The lowest BCUT2D eigenvalue weighted by Gasteiger charge is -2.17. The molecule has 6 heteroatoms. The topological polar surface area (TPSA) is 21.3 Å². The molecule has 0 aliphatic carbocycles. The summed E-state index contributed by atoms with van der Waals surface area (Å²) in [5, 5.41) is 2.94. The van der Waals surface area contributed by atoms with Crippen LogP contribution in [0.15, 0.2) is 24.3 Å². The van der Waals surface area contributed by atoms with Gasteiger partial charge in [0.05, 0.1) is 0 Å². The minimum Gasteiger partial charge on any atom is -0.372 e. The van der Waals surface area contributed by atoms with Gasteiger partial charge in [-0.15, -0.1) is 0 Å². The van der Waals surface area contributed by atoms with E-state index in [-0.39, 0.29) is 18.3 Å². The molecule has 0 radical (unpaired) electrons. The van der Waals surface area contributed by atoms with Crippen molar-refractivity contribution < 1.29 is 22.3 Å². The Morgan fingerprint density at radius 2 is 2.05 bits per heavy atom. The van der Waals surface area contributed by atoms with Crippen LogP contribution in [0.1, 0.15) is 17.9 Å². The van der Waals surface area contributed by atoms with Gasteiger partial charge in [0.1, 0.15) is 12.4 Å². The summed E-state index contributed by atoms with van der Waals surface area (Å²) in [4.78, 5) is 0. The van der Waals surface area contributed by atoms with Gasteiger partial charge in [-0.1, -0.05) is 12.1 Å². The molecule has 0 aliphatic rings. The molecule has 0 spiro atoms. The molecule has 1 N–H and O–H groups in total. The summed E-state index contributed by atoms with van der Waals surface area (Å²) in [6.07, 6.45) is -3.91. The van der Waals surface area contributed by atoms with E-state index < -0.39 is 12.8 Å². The van der Waals surface area contributed by atoms with Crippen LogP contribution in [-0.2, 0) is 4.74 Å². The van der Waals surface area contributed by atoms with E-state index in [4.69, 9.17) is 0 Å². The number of halogens is 4. The van der Waals surface area contributed by atoms with Crippen molar-refractivity contribution in [1.82, 2.24) is 5.32 Å². The van der Waals surface area contributed by atoms with E-state index in [1.54, 1.807) is 19.2 Å². The number of ether oxygens (including phenoxy) is 1. The highest BCUT2D eigenvalue weighted by molar-refractivity contribution is 5.21. The SMILES string of the molecule is CNCC(CCOCC(F)(F)F)c1cccc(F)c1. The molecule has 0 saturated heterocycles. The largest absolute Gasteiger partial charge is 0.411 e. The molecule has 0 aliphatic heterocycles. The molecular formula is C13H17F4NO. The first-order valence-electron chi connectivity index (χ1n) is 5.97. The molecule has 0 bridgehead atoms. The lowest BCUT2D eigenvalue weighted by atomic mass is 9.96. The van der Waals surface area contributed by atoms with E-state index in [0.29, 0.717) is 13.0 Å². The zero-order chi connectivity index (χ0) is 14.3. The number of hydrogen-bond donors (Lipinski definition) is 1. The Kier molecular flexibility index (Phi) is 6.24. The average molecular weight is 279 g/mol. The number of nitrogens with one attached hydrogen (secondary N) is 1. The maximum Gasteiger partial charge on any atom is 0.411 e. The standard InChI is InChI=1S/C13H17F4NO/c1-18-8-11(5-6-19-9-13(15,16)17)10-3-2-4-12(14)7-10/h2-4,7,11,18H,5-6,8-9H2,1H3. The summed E-state index contributed by atoms with van der Waals surface area (Å²) in [6.45, 7) is -0.705. The fourth-order valence-corrected chi connectivity index (χ4v) is 1.81. The van der Waals surface area contributed by atoms with Crippen LogP contribution in [0.3, 0.4) is 0 Å². The van der Waals surface area contributed by atoms with Crippen molar-refractivity contribution in [2.45, 2.75) is 18.5 Å². The molecular weight excluding hydrogens is 262 g/mol. The van der Waals surface area contributed by atoms with Crippen LogP contribution in [-0.4, -0.2) is 33.0 Å². The second-order valence-corrected chi connectivity index (χ2v) is 4.27. The molecule has 2 nitrogen and oxygen atoms in total. The number of benzene rings is 1. The molecule has 1 aromatic carbocycles. The molecule has 0 heterocycles. The summed E-state index contributed by atoms with van der Waals surface area (Å²) in [7, 11) is 1.74. The summed E-state index contributed by atoms with van der Waals surface area (Å²) in [6, 6.07) is 6.07. The fraction of sp³-hybridized carbons (Fsp3) is 0.538. The van der Waals surface area contributed by atoms with Crippen molar-refractivity contribution in [3.8, 4) is 0 Å². The predicted octanol–water partition coefficient (Wildman–Crippen LogP) is 3.10. The molecule has 1 atom stereocenters. The van der Waals surface area contributed by atoms with E-state index in [1.807, 2.05) is 0 Å². The van der Waals surface area contributed by atoms with Crippen LogP contribution in [0.25, 0.3) is 0 Å². The molecule has 0 saturated carbocycles. The van der Waals surface area contributed by atoms with Gasteiger partial charge in [0.25, 0.3) is 0 Å². The first kappa shape index (κ1) is 15.9. The molecule has 0 aromatic heterocycles. The zero-order valence-electron chi connectivity index (χ0n) is 10.6. The molecule has 1 rings (SSSR count). The third kappa shape index (κ3) is 6.54.